The molecule has 0 aliphatic carbocycles. The number of carbonyl (C=O) groups is 2. The predicted octanol–water partition coefficient (Wildman–Crippen LogP) is 1.41. The average molecular weight is 195 g/mol. The van der Waals surface area contributed by atoms with Crippen molar-refractivity contribution < 1.29 is 14.7 Å². The first kappa shape index (κ1) is 10.6. The molecule has 0 aromatic carbocycles. The zero-order valence-corrected chi connectivity index (χ0v) is 8.50. The summed E-state index contributed by atoms with van der Waals surface area (Å²) in [6.45, 7) is 5.03. The Labute approximate surface area is 82.3 Å². The molecule has 14 heavy (non-hydrogen) atoms. The Hall–Kier alpha value is -1.45. The molecule has 0 bridgehead atoms. The highest BCUT2D eigenvalue weighted by Crippen LogP contribution is 2.21. The van der Waals surface area contributed by atoms with E-state index in [1.807, 2.05) is 13.8 Å². The maximum absolute atomic E-state index is 11.2. The van der Waals surface area contributed by atoms with Crippen LogP contribution in [-0.2, 0) is 9.59 Å². The molecule has 0 aromatic rings. The van der Waals surface area contributed by atoms with Crippen molar-refractivity contribution in [3.8, 4) is 0 Å². The number of allylic oxidation sites excluding steroid dienone is 1. The number of aliphatic hydroxyl groups excluding tert-OH is 1. The van der Waals surface area contributed by atoms with Gasteiger partial charge < -0.3 is 5.11 Å². The second kappa shape index (κ2) is 3.74. The number of Topliss-reactive ketones (excluding diaryl/α,β-unsaturated/α-hetero) is 1. The summed E-state index contributed by atoms with van der Waals surface area (Å²) < 4.78 is 0. The topological polar surface area (TPSA) is 66.7 Å². The van der Waals surface area contributed by atoms with Gasteiger partial charge in [0.2, 0.25) is 0 Å². The Morgan fingerprint density at radius 2 is 2.14 bits per heavy atom. The van der Waals surface area contributed by atoms with Crippen molar-refractivity contribution in [3.63, 3.8) is 0 Å². The third kappa shape index (κ3) is 1.60. The van der Waals surface area contributed by atoms with Crippen LogP contribution in [0.4, 0.5) is 0 Å². The summed E-state index contributed by atoms with van der Waals surface area (Å²) in [5.41, 5.74) is 0.156. The molecule has 4 heteroatoms. The van der Waals surface area contributed by atoms with Crippen LogP contribution in [0.25, 0.3) is 0 Å². The Bertz CT molecular complexity index is 352. The molecule has 0 fully saturated rings. The second-order valence-corrected chi connectivity index (χ2v) is 3.39. The van der Waals surface area contributed by atoms with Crippen LogP contribution in [0.5, 0.6) is 0 Å². The summed E-state index contributed by atoms with van der Waals surface area (Å²) in [4.78, 5) is 25.9. The third-order valence-corrected chi connectivity index (χ3v) is 2.35. The van der Waals surface area contributed by atoms with Crippen LogP contribution in [-0.4, -0.2) is 22.5 Å². The molecule has 0 saturated heterocycles. The van der Waals surface area contributed by atoms with Crippen molar-refractivity contribution in [2.24, 2.45) is 10.9 Å². The summed E-state index contributed by atoms with van der Waals surface area (Å²) in [5.74, 6) is -1.30. The first-order chi connectivity index (χ1) is 6.49. The van der Waals surface area contributed by atoms with Gasteiger partial charge in [0.15, 0.2) is 11.5 Å². The van der Waals surface area contributed by atoms with Crippen molar-refractivity contribution in [1.82, 2.24) is 0 Å². The van der Waals surface area contributed by atoms with E-state index >= 15 is 0 Å². The maximum atomic E-state index is 11.2. The van der Waals surface area contributed by atoms with Crippen LogP contribution in [0.2, 0.25) is 0 Å². The fourth-order valence-corrected chi connectivity index (χ4v) is 1.30. The number of ketones is 1. The van der Waals surface area contributed by atoms with Crippen molar-refractivity contribution >= 4 is 17.4 Å². The minimum Gasteiger partial charge on any atom is -0.505 e. The van der Waals surface area contributed by atoms with E-state index in [-0.39, 0.29) is 17.3 Å². The summed E-state index contributed by atoms with van der Waals surface area (Å²) in [6.07, 6.45) is 0.765. The third-order valence-electron chi connectivity index (χ3n) is 2.35. The Morgan fingerprint density at radius 1 is 1.57 bits per heavy atom. The molecule has 0 radical (unpaired) electrons. The lowest BCUT2D eigenvalue weighted by Gasteiger charge is -2.07. The van der Waals surface area contributed by atoms with E-state index in [2.05, 4.69) is 4.99 Å². The highest BCUT2D eigenvalue weighted by molar-refractivity contribution is 6.30. The van der Waals surface area contributed by atoms with Gasteiger partial charge in [0.05, 0.1) is 5.71 Å². The van der Waals surface area contributed by atoms with Gasteiger partial charge >= 0.3 is 0 Å². The molecule has 0 aromatic heterocycles. The van der Waals surface area contributed by atoms with Crippen LogP contribution >= 0.6 is 0 Å². The smallest absolute Gasteiger partial charge is 0.284 e. The van der Waals surface area contributed by atoms with E-state index in [9.17, 15) is 14.7 Å². The summed E-state index contributed by atoms with van der Waals surface area (Å²) in [7, 11) is 0. The Kier molecular flexibility index (Phi) is 2.84. The zero-order valence-electron chi connectivity index (χ0n) is 8.50. The highest BCUT2D eigenvalue weighted by atomic mass is 16.3. The summed E-state index contributed by atoms with van der Waals surface area (Å²) in [5, 5.41) is 9.60. The number of amides is 1. The van der Waals surface area contributed by atoms with Gasteiger partial charge in [-0.25, -0.2) is 4.99 Å². The van der Waals surface area contributed by atoms with E-state index in [1.165, 1.54) is 6.92 Å². The standard InChI is InChI=1S/C10H13NO3/c1-4-5(2)8-9(13)7(6(3)12)10(14)11-8/h5,13H,4H2,1-3H3. The number of hydrogen-bond donors (Lipinski definition) is 1. The monoisotopic (exact) mass is 195 g/mol. The number of carbonyl (C=O) groups excluding carboxylic acids is 2. The Balaban J connectivity index is 3.10. The lowest BCUT2D eigenvalue weighted by molar-refractivity contribution is -0.119. The molecule has 1 amide bonds. The van der Waals surface area contributed by atoms with Crippen LogP contribution in [0.1, 0.15) is 27.2 Å². The van der Waals surface area contributed by atoms with Crippen molar-refractivity contribution in [3.05, 3.63) is 11.3 Å². The second-order valence-electron chi connectivity index (χ2n) is 3.39. The summed E-state index contributed by atoms with van der Waals surface area (Å²) >= 11 is 0. The molecule has 1 aliphatic heterocycles. The average Bonchev–Trinajstić information content (AvgIpc) is 2.40. The van der Waals surface area contributed by atoms with E-state index in [4.69, 9.17) is 0 Å². The van der Waals surface area contributed by atoms with Crippen molar-refractivity contribution in [1.29, 1.82) is 0 Å². The number of nitrogens with zero attached hydrogens (tertiary/aromatic N) is 1. The zero-order chi connectivity index (χ0) is 10.9. The molecule has 1 unspecified atom stereocenters. The number of aliphatic hydroxyl groups is 1. The van der Waals surface area contributed by atoms with Gasteiger partial charge in [0.25, 0.3) is 5.91 Å². The molecule has 4 nitrogen and oxygen atoms in total. The van der Waals surface area contributed by atoms with Crippen LogP contribution in [0.3, 0.4) is 0 Å². The maximum Gasteiger partial charge on any atom is 0.284 e. The van der Waals surface area contributed by atoms with Gasteiger partial charge in [-0.2, -0.15) is 0 Å². The predicted molar refractivity (Wildman–Crippen MR) is 52.2 cm³/mol. The molecule has 1 N–H and O–H groups in total. The molecular weight excluding hydrogens is 182 g/mol. The minimum atomic E-state index is -0.620. The van der Waals surface area contributed by atoms with E-state index < -0.39 is 11.7 Å². The van der Waals surface area contributed by atoms with Gasteiger partial charge in [-0.15, -0.1) is 0 Å². The SMILES string of the molecule is CCC(C)C1=NC(=O)C(C(C)=O)=C1O. The van der Waals surface area contributed by atoms with Gasteiger partial charge in [-0.1, -0.05) is 13.8 Å². The lowest BCUT2D eigenvalue weighted by Crippen LogP contribution is -2.12. The molecule has 0 saturated carbocycles. The Morgan fingerprint density at radius 3 is 2.50 bits per heavy atom. The molecule has 1 aliphatic rings. The van der Waals surface area contributed by atoms with Crippen LogP contribution in [0.15, 0.2) is 16.3 Å². The largest absolute Gasteiger partial charge is 0.505 e. The molecule has 0 spiro atoms. The number of rotatable bonds is 3. The van der Waals surface area contributed by atoms with E-state index in [0.717, 1.165) is 6.42 Å². The number of aliphatic imine (C=N–C) groups is 1. The fourth-order valence-electron chi connectivity index (χ4n) is 1.30. The lowest BCUT2D eigenvalue weighted by atomic mass is 10.00. The summed E-state index contributed by atoms with van der Waals surface area (Å²) in [6, 6.07) is 0. The van der Waals surface area contributed by atoms with Gasteiger partial charge in [-0.3, -0.25) is 9.59 Å². The van der Waals surface area contributed by atoms with Gasteiger partial charge in [0, 0.05) is 5.92 Å². The molecule has 1 heterocycles. The van der Waals surface area contributed by atoms with Crippen LogP contribution < -0.4 is 0 Å². The first-order valence-corrected chi connectivity index (χ1v) is 4.56. The quantitative estimate of drug-likeness (QED) is 0.692. The minimum absolute atomic E-state index is 0.00389. The van der Waals surface area contributed by atoms with Crippen molar-refractivity contribution in [2.75, 3.05) is 0 Å². The fraction of sp³-hybridized carbons (Fsp3) is 0.500. The highest BCUT2D eigenvalue weighted by Gasteiger charge is 2.31. The molecule has 76 valence electrons. The van der Waals surface area contributed by atoms with E-state index in [0.29, 0.717) is 5.71 Å². The van der Waals surface area contributed by atoms with Crippen LogP contribution in [0, 0.1) is 5.92 Å². The first-order valence-electron chi connectivity index (χ1n) is 4.56. The normalized spacial score (nSPS) is 18.5. The van der Waals surface area contributed by atoms with E-state index in [1.54, 1.807) is 0 Å². The van der Waals surface area contributed by atoms with Gasteiger partial charge in [-0.05, 0) is 13.3 Å². The molecule has 1 atom stereocenters. The number of hydrogen-bond acceptors (Lipinski definition) is 3. The van der Waals surface area contributed by atoms with Crippen molar-refractivity contribution in [2.45, 2.75) is 27.2 Å². The molecule has 1 rings (SSSR count). The molecular formula is C10H13NO3. The van der Waals surface area contributed by atoms with Gasteiger partial charge in [0.1, 0.15) is 5.57 Å².